The summed E-state index contributed by atoms with van der Waals surface area (Å²) in [4.78, 5) is 0. The summed E-state index contributed by atoms with van der Waals surface area (Å²) in [5, 5.41) is 0. The van der Waals surface area contributed by atoms with Gasteiger partial charge in [0.05, 0.1) is 0 Å². The summed E-state index contributed by atoms with van der Waals surface area (Å²) in [6.45, 7) is 0. The van der Waals surface area contributed by atoms with E-state index in [2.05, 4.69) is 12.2 Å². The van der Waals surface area contributed by atoms with Gasteiger partial charge in [-0.25, -0.2) is 0 Å². The third-order valence-electron chi connectivity index (χ3n) is 12.9. The second-order valence-corrected chi connectivity index (χ2v) is 12.5. The van der Waals surface area contributed by atoms with Gasteiger partial charge in [-0.2, -0.15) is 0 Å². The van der Waals surface area contributed by atoms with Crippen LogP contribution in [0.4, 0.5) is 0 Å². The number of fused-ring (bicyclic) bond motifs is 21. The van der Waals surface area contributed by atoms with Crippen LogP contribution in [0.1, 0.15) is 51.4 Å². The van der Waals surface area contributed by atoms with Gasteiger partial charge < -0.3 is 0 Å². The Hall–Kier alpha value is -0.260. The molecule has 0 saturated heterocycles. The molecule has 15 unspecified atom stereocenters. The summed E-state index contributed by atoms with van der Waals surface area (Å²) in [7, 11) is 0. The topological polar surface area (TPSA) is 0 Å². The summed E-state index contributed by atoms with van der Waals surface area (Å²) in [5.41, 5.74) is 0.918. The first-order chi connectivity index (χ1) is 12.4. The summed E-state index contributed by atoms with van der Waals surface area (Å²) in [6, 6.07) is 0. The molecule has 9 rings (SSSR count). The van der Waals surface area contributed by atoms with Crippen molar-refractivity contribution in [1.82, 2.24) is 0 Å². The second-order valence-electron chi connectivity index (χ2n) is 12.5. The van der Waals surface area contributed by atoms with E-state index in [0.717, 1.165) is 29.1 Å². The average molecular weight is 333 g/mol. The van der Waals surface area contributed by atoms with Gasteiger partial charge >= 0.3 is 0 Å². The normalized spacial score (nSPS) is 77.1. The average Bonchev–Trinajstić information content (AvgIpc) is 3.39. The molecule has 132 valence electrons. The Morgan fingerprint density at radius 3 is 2.44 bits per heavy atom. The molecule has 1 spiro atoms. The van der Waals surface area contributed by atoms with Crippen molar-refractivity contribution in [2.24, 2.45) is 88.3 Å². The molecule has 0 nitrogen and oxygen atoms in total. The minimum absolute atomic E-state index is 0.918. The Labute approximate surface area is 152 Å². The van der Waals surface area contributed by atoms with Gasteiger partial charge in [0.25, 0.3) is 0 Å². The van der Waals surface area contributed by atoms with Crippen molar-refractivity contribution < 1.29 is 0 Å². The molecule has 8 bridgehead atoms. The van der Waals surface area contributed by atoms with E-state index in [1.165, 1.54) is 59.2 Å². The first-order valence-corrected chi connectivity index (χ1v) is 12.0. The van der Waals surface area contributed by atoms with Crippen LogP contribution >= 0.6 is 0 Å². The Morgan fingerprint density at radius 1 is 0.680 bits per heavy atom. The minimum atomic E-state index is 0.918. The van der Waals surface area contributed by atoms with Crippen LogP contribution in [0.2, 0.25) is 0 Å². The minimum Gasteiger partial charge on any atom is -0.0848 e. The third-order valence-corrected chi connectivity index (χ3v) is 12.9. The SMILES string of the molecule is C1=CC2CC1C1CC3C4CC(C3C21)C1C4C2CC1C13CCCC(C1)C23. The highest BCUT2D eigenvalue weighted by atomic mass is 14.8. The van der Waals surface area contributed by atoms with Crippen LogP contribution in [0.3, 0.4) is 0 Å². The molecule has 9 aliphatic rings. The van der Waals surface area contributed by atoms with Gasteiger partial charge in [-0.1, -0.05) is 25.0 Å². The number of hydrogen-bond acceptors (Lipinski definition) is 0. The highest BCUT2D eigenvalue weighted by Crippen LogP contribution is 2.85. The predicted octanol–water partition coefficient (Wildman–Crippen LogP) is 5.40. The fourth-order valence-electron chi connectivity index (χ4n) is 13.2. The van der Waals surface area contributed by atoms with Crippen LogP contribution in [-0.4, -0.2) is 0 Å². The van der Waals surface area contributed by atoms with Crippen LogP contribution < -0.4 is 0 Å². The van der Waals surface area contributed by atoms with Gasteiger partial charge in [-0.15, -0.1) is 0 Å². The summed E-state index contributed by atoms with van der Waals surface area (Å²) >= 11 is 0. The summed E-state index contributed by atoms with van der Waals surface area (Å²) in [6.07, 6.45) is 18.5. The lowest BCUT2D eigenvalue weighted by Crippen LogP contribution is -2.60. The van der Waals surface area contributed by atoms with Crippen molar-refractivity contribution in [1.29, 1.82) is 0 Å². The molecule has 15 atom stereocenters. The van der Waals surface area contributed by atoms with E-state index < -0.39 is 0 Å². The van der Waals surface area contributed by atoms with Gasteiger partial charge in [0.15, 0.2) is 0 Å². The van der Waals surface area contributed by atoms with Gasteiger partial charge in [0.2, 0.25) is 0 Å². The molecular formula is C25H32. The van der Waals surface area contributed by atoms with Gasteiger partial charge in [-0.3, -0.25) is 0 Å². The van der Waals surface area contributed by atoms with Gasteiger partial charge in [0.1, 0.15) is 0 Å². The van der Waals surface area contributed by atoms with Crippen LogP contribution in [0.25, 0.3) is 0 Å². The molecule has 0 amide bonds. The largest absolute Gasteiger partial charge is 0.0848 e. The van der Waals surface area contributed by atoms with Crippen LogP contribution in [0.5, 0.6) is 0 Å². The molecule has 8 saturated carbocycles. The van der Waals surface area contributed by atoms with Crippen molar-refractivity contribution in [2.75, 3.05) is 0 Å². The lowest BCUT2D eigenvalue weighted by Gasteiger charge is -2.66. The Kier molecular flexibility index (Phi) is 1.92. The van der Waals surface area contributed by atoms with E-state index in [9.17, 15) is 0 Å². The van der Waals surface area contributed by atoms with Crippen molar-refractivity contribution >= 4 is 0 Å². The second kappa shape index (κ2) is 3.68. The Bertz CT molecular complexity index is 716. The molecule has 0 aromatic rings. The van der Waals surface area contributed by atoms with Crippen LogP contribution in [0.15, 0.2) is 12.2 Å². The van der Waals surface area contributed by atoms with Crippen LogP contribution in [0, 0.1) is 88.3 Å². The summed E-state index contributed by atoms with van der Waals surface area (Å²) < 4.78 is 0. The molecule has 0 aliphatic heterocycles. The maximum absolute atomic E-state index is 2.67. The highest BCUT2D eigenvalue weighted by molar-refractivity contribution is 5.29. The van der Waals surface area contributed by atoms with E-state index in [1.54, 1.807) is 51.4 Å². The number of allylic oxidation sites excluding steroid dienone is 2. The van der Waals surface area contributed by atoms with Gasteiger partial charge in [-0.05, 0) is 127 Å². The maximum Gasteiger partial charge on any atom is -0.0194 e. The lowest BCUT2D eigenvalue weighted by molar-refractivity contribution is -0.176. The Balaban J connectivity index is 1.15. The zero-order valence-electron chi connectivity index (χ0n) is 15.4. The summed E-state index contributed by atoms with van der Waals surface area (Å²) in [5.74, 6) is 16.5. The molecule has 8 fully saturated rings. The van der Waals surface area contributed by atoms with Crippen LogP contribution in [-0.2, 0) is 0 Å². The zero-order valence-corrected chi connectivity index (χ0v) is 15.4. The van der Waals surface area contributed by atoms with Crippen molar-refractivity contribution in [3.63, 3.8) is 0 Å². The van der Waals surface area contributed by atoms with E-state index in [0.29, 0.717) is 0 Å². The number of hydrogen-bond donors (Lipinski definition) is 0. The lowest BCUT2D eigenvalue weighted by atomic mass is 9.39. The van der Waals surface area contributed by atoms with Crippen molar-refractivity contribution in [2.45, 2.75) is 51.4 Å². The monoisotopic (exact) mass is 332 g/mol. The molecule has 0 heteroatoms. The highest BCUT2D eigenvalue weighted by Gasteiger charge is 2.79. The fraction of sp³-hybridized carbons (Fsp3) is 0.920. The van der Waals surface area contributed by atoms with Gasteiger partial charge in [0, 0.05) is 0 Å². The third kappa shape index (κ3) is 1.11. The quantitative estimate of drug-likeness (QED) is 0.411. The van der Waals surface area contributed by atoms with E-state index >= 15 is 0 Å². The molecular weight excluding hydrogens is 300 g/mol. The molecule has 9 aliphatic carbocycles. The van der Waals surface area contributed by atoms with E-state index in [-0.39, 0.29) is 0 Å². The standard InChI is InChI=1S/C25H32/c1-2-13-10-25(5-1)19-9-18(24(13)25)22-16-8-17(23(19)22)21-15(16)7-14-11-3-4-12(6-11)20(14)21/h3-4,11-24H,1-2,5-10H2. The first kappa shape index (κ1) is 13.0. The molecule has 0 N–H and O–H groups in total. The molecule has 0 aromatic carbocycles. The fourth-order valence-corrected chi connectivity index (χ4v) is 13.2. The molecule has 0 radical (unpaired) electrons. The molecule has 0 heterocycles. The maximum atomic E-state index is 2.67. The smallest absolute Gasteiger partial charge is 0.0194 e. The van der Waals surface area contributed by atoms with E-state index in [1.807, 2.05) is 0 Å². The number of rotatable bonds is 0. The first-order valence-electron chi connectivity index (χ1n) is 12.0. The van der Waals surface area contributed by atoms with Crippen molar-refractivity contribution in [3.05, 3.63) is 12.2 Å². The van der Waals surface area contributed by atoms with Crippen molar-refractivity contribution in [3.8, 4) is 0 Å². The molecule has 25 heavy (non-hydrogen) atoms. The zero-order chi connectivity index (χ0) is 15.7. The Morgan fingerprint density at radius 2 is 1.52 bits per heavy atom. The predicted molar refractivity (Wildman–Crippen MR) is 97.4 cm³/mol. The van der Waals surface area contributed by atoms with E-state index in [4.69, 9.17) is 0 Å². The molecule has 0 aromatic heterocycles.